The molecule has 0 bridgehead atoms. The monoisotopic (exact) mass is 453 g/mol. The summed E-state index contributed by atoms with van der Waals surface area (Å²) in [6, 6.07) is 28.2. The molecule has 0 aliphatic rings. The molecule has 0 aliphatic carbocycles. The molecule has 0 spiro atoms. The van der Waals surface area contributed by atoms with Crippen LogP contribution in [0.1, 0.15) is 16.1 Å². The van der Waals surface area contributed by atoms with E-state index in [4.69, 9.17) is 0 Å². The fourth-order valence-corrected chi connectivity index (χ4v) is 5.81. The largest absolute Gasteiger partial charge is 0.269 e. The molecule has 0 aliphatic heterocycles. The van der Waals surface area contributed by atoms with E-state index < -0.39 is 10.0 Å². The summed E-state index contributed by atoms with van der Waals surface area (Å²) in [6.45, 7) is 1.94. The average Bonchev–Trinajstić information content (AvgIpc) is 3.44. The molecule has 0 fully saturated rings. The lowest BCUT2D eigenvalue weighted by molar-refractivity contribution is 0.588. The Morgan fingerprint density at radius 2 is 1.50 bits per heavy atom. The fourth-order valence-electron chi connectivity index (χ4n) is 3.76. The van der Waals surface area contributed by atoms with Crippen LogP contribution in [-0.4, -0.2) is 12.4 Å². The summed E-state index contributed by atoms with van der Waals surface area (Å²) in [6.07, 6.45) is 0. The minimum Gasteiger partial charge on any atom is -0.225 e. The molecule has 2 heterocycles. The highest BCUT2D eigenvalue weighted by Crippen LogP contribution is 2.37. The molecule has 3 aromatic carbocycles. The molecular weight excluding hydrogens is 434 g/mol. The van der Waals surface area contributed by atoms with Crippen LogP contribution < -0.4 is 0 Å². The van der Waals surface area contributed by atoms with Crippen molar-refractivity contribution >= 4 is 32.3 Å². The van der Waals surface area contributed by atoms with Gasteiger partial charge in [0.25, 0.3) is 10.0 Å². The molecule has 0 unspecified atom stereocenters. The van der Waals surface area contributed by atoms with Gasteiger partial charge in [0.15, 0.2) is 0 Å². The summed E-state index contributed by atoms with van der Waals surface area (Å²) in [5, 5.41) is 2.81. The molecule has 5 rings (SSSR count). The smallest absolute Gasteiger partial charge is 0.225 e. The van der Waals surface area contributed by atoms with Gasteiger partial charge in [-0.3, -0.25) is 0 Å². The van der Waals surface area contributed by atoms with Crippen molar-refractivity contribution < 1.29 is 8.42 Å². The first-order chi connectivity index (χ1) is 15.6. The third kappa shape index (κ3) is 3.54. The topological polar surface area (TPSA) is 39.1 Å². The molecule has 2 aromatic heterocycles. The maximum atomic E-state index is 13.9. The summed E-state index contributed by atoms with van der Waals surface area (Å²) in [5.74, 6) is 6.37. The zero-order chi connectivity index (χ0) is 22.1. The molecule has 0 N–H and O–H groups in total. The predicted molar refractivity (Wildman–Crippen MR) is 131 cm³/mol. The van der Waals surface area contributed by atoms with Crippen LogP contribution in [0.3, 0.4) is 0 Å². The first-order valence-electron chi connectivity index (χ1n) is 10.1. The van der Waals surface area contributed by atoms with Crippen LogP contribution in [0.5, 0.6) is 0 Å². The van der Waals surface area contributed by atoms with E-state index >= 15 is 0 Å². The van der Waals surface area contributed by atoms with Gasteiger partial charge >= 0.3 is 0 Å². The SMILES string of the molecule is Cc1ccc(S(=O)(=O)n2c(C#Cc3cccs3)c(-c3ccccc3)c3ccccc32)cc1. The molecular formula is C27H19NO2S2. The molecule has 0 atom stereocenters. The van der Waals surface area contributed by atoms with Crippen molar-refractivity contribution in [2.45, 2.75) is 11.8 Å². The van der Waals surface area contributed by atoms with Gasteiger partial charge in [0.05, 0.1) is 15.3 Å². The number of nitrogens with zero attached hydrogens (tertiary/aromatic N) is 1. The van der Waals surface area contributed by atoms with Crippen LogP contribution in [0.15, 0.2) is 101 Å². The first-order valence-corrected chi connectivity index (χ1v) is 12.4. The average molecular weight is 454 g/mol. The zero-order valence-electron chi connectivity index (χ0n) is 17.3. The van der Waals surface area contributed by atoms with Gasteiger partial charge in [-0.2, -0.15) is 0 Å². The summed E-state index contributed by atoms with van der Waals surface area (Å²) >= 11 is 1.53. The van der Waals surface area contributed by atoms with Crippen molar-refractivity contribution in [2.24, 2.45) is 0 Å². The quantitative estimate of drug-likeness (QED) is 0.300. The molecule has 156 valence electrons. The molecule has 0 amide bonds. The third-order valence-corrected chi connectivity index (χ3v) is 7.79. The van der Waals surface area contributed by atoms with Gasteiger partial charge in [0, 0.05) is 10.9 Å². The lowest BCUT2D eigenvalue weighted by Crippen LogP contribution is -2.15. The predicted octanol–water partition coefficient (Wildman–Crippen LogP) is 6.32. The zero-order valence-corrected chi connectivity index (χ0v) is 19.0. The maximum absolute atomic E-state index is 13.9. The second-order valence-electron chi connectivity index (χ2n) is 7.42. The van der Waals surface area contributed by atoms with Gasteiger partial charge < -0.3 is 0 Å². The highest BCUT2D eigenvalue weighted by Gasteiger charge is 2.26. The number of benzene rings is 3. The van der Waals surface area contributed by atoms with E-state index in [0.29, 0.717) is 11.2 Å². The second kappa shape index (κ2) is 8.16. The molecule has 0 saturated heterocycles. The van der Waals surface area contributed by atoms with E-state index in [0.717, 1.165) is 27.0 Å². The number of para-hydroxylation sites is 1. The van der Waals surface area contributed by atoms with Crippen molar-refractivity contribution in [1.29, 1.82) is 0 Å². The fraction of sp³-hybridized carbons (Fsp3) is 0.0370. The van der Waals surface area contributed by atoms with Crippen molar-refractivity contribution in [3.63, 3.8) is 0 Å². The van der Waals surface area contributed by atoms with Crippen molar-refractivity contribution in [1.82, 2.24) is 3.97 Å². The number of fused-ring (bicyclic) bond motifs is 1. The van der Waals surface area contributed by atoms with E-state index in [1.807, 2.05) is 91.2 Å². The normalized spacial score (nSPS) is 11.3. The Bertz CT molecular complexity index is 1570. The number of rotatable bonds is 3. The van der Waals surface area contributed by atoms with E-state index in [9.17, 15) is 8.42 Å². The minimum atomic E-state index is -3.87. The Morgan fingerprint density at radius 3 is 2.22 bits per heavy atom. The number of hydrogen-bond donors (Lipinski definition) is 0. The molecule has 5 aromatic rings. The number of hydrogen-bond acceptors (Lipinski definition) is 3. The van der Waals surface area contributed by atoms with Crippen molar-refractivity contribution in [3.8, 4) is 23.0 Å². The van der Waals surface area contributed by atoms with Gasteiger partial charge in [-0.05, 0) is 54.0 Å². The van der Waals surface area contributed by atoms with Crippen molar-refractivity contribution in [3.05, 3.63) is 113 Å². The third-order valence-electron chi connectivity index (χ3n) is 5.28. The highest BCUT2D eigenvalue weighted by molar-refractivity contribution is 7.90. The van der Waals surface area contributed by atoms with Crippen LogP contribution in [0.25, 0.3) is 22.0 Å². The first kappa shape index (κ1) is 20.3. The standard InChI is InChI=1S/C27H19NO2S2/c1-20-13-16-23(17-14-20)32(29,30)28-25-12-6-5-11-24(25)27(21-8-3-2-4-9-21)26(28)18-15-22-10-7-19-31-22/h2-14,16-17,19H,1H3. The Morgan fingerprint density at radius 1 is 0.781 bits per heavy atom. The van der Waals surface area contributed by atoms with Gasteiger partial charge in [-0.25, -0.2) is 12.4 Å². The lowest BCUT2D eigenvalue weighted by atomic mass is 10.0. The number of aryl methyl sites for hydroxylation is 1. The highest BCUT2D eigenvalue weighted by atomic mass is 32.2. The summed E-state index contributed by atoms with van der Waals surface area (Å²) in [7, 11) is -3.87. The van der Waals surface area contributed by atoms with E-state index in [2.05, 4.69) is 11.8 Å². The van der Waals surface area contributed by atoms with Crippen molar-refractivity contribution in [2.75, 3.05) is 0 Å². The van der Waals surface area contributed by atoms with E-state index in [1.54, 1.807) is 12.1 Å². The van der Waals surface area contributed by atoms with Gasteiger partial charge in [0.1, 0.15) is 5.69 Å². The van der Waals surface area contributed by atoms with Gasteiger partial charge in [-0.15, -0.1) is 11.3 Å². The summed E-state index contributed by atoms with van der Waals surface area (Å²) in [4.78, 5) is 1.12. The number of thiophene rings is 1. The Hall–Kier alpha value is -3.59. The van der Waals surface area contributed by atoms with Crippen LogP contribution in [0, 0.1) is 18.8 Å². The molecule has 3 nitrogen and oxygen atoms in total. The lowest BCUT2D eigenvalue weighted by Gasteiger charge is -2.10. The Balaban J connectivity index is 1.88. The molecule has 0 radical (unpaired) electrons. The van der Waals surface area contributed by atoms with Crippen LogP contribution >= 0.6 is 11.3 Å². The van der Waals surface area contributed by atoms with E-state index in [-0.39, 0.29) is 4.90 Å². The molecule has 0 saturated carbocycles. The summed E-state index contributed by atoms with van der Waals surface area (Å²) in [5.41, 5.74) is 3.83. The van der Waals surface area contributed by atoms with Crippen LogP contribution in [0.4, 0.5) is 0 Å². The molecule has 32 heavy (non-hydrogen) atoms. The summed E-state index contributed by atoms with van der Waals surface area (Å²) < 4.78 is 29.2. The minimum absolute atomic E-state index is 0.239. The van der Waals surface area contributed by atoms with E-state index in [1.165, 1.54) is 15.3 Å². The number of aromatic nitrogens is 1. The Labute approximate surface area is 191 Å². The Kier molecular flexibility index (Phi) is 5.18. The van der Waals surface area contributed by atoms with Crippen LogP contribution in [0.2, 0.25) is 0 Å². The van der Waals surface area contributed by atoms with Gasteiger partial charge in [-0.1, -0.05) is 72.3 Å². The molecule has 5 heteroatoms. The second-order valence-corrected chi connectivity index (χ2v) is 10.2. The van der Waals surface area contributed by atoms with Crippen LogP contribution in [-0.2, 0) is 10.0 Å². The van der Waals surface area contributed by atoms with Gasteiger partial charge in [0.2, 0.25) is 0 Å². The maximum Gasteiger partial charge on any atom is 0.269 e.